The van der Waals surface area contributed by atoms with Crippen molar-refractivity contribution in [1.82, 2.24) is 5.32 Å². The number of anilines is 1. The van der Waals surface area contributed by atoms with E-state index in [-0.39, 0.29) is 11.3 Å². The minimum absolute atomic E-state index is 0.227. The van der Waals surface area contributed by atoms with E-state index in [1.165, 1.54) is 37.7 Å². The summed E-state index contributed by atoms with van der Waals surface area (Å²) in [5.41, 5.74) is 1.50. The lowest BCUT2D eigenvalue weighted by Gasteiger charge is -2.24. The van der Waals surface area contributed by atoms with Crippen LogP contribution in [-0.4, -0.2) is 22.5 Å². The second kappa shape index (κ2) is 7.59. The van der Waals surface area contributed by atoms with Gasteiger partial charge in [-0.25, -0.2) is 0 Å². The van der Waals surface area contributed by atoms with Crippen LogP contribution in [0.1, 0.15) is 63.9 Å². The van der Waals surface area contributed by atoms with Crippen LogP contribution in [0.3, 0.4) is 0 Å². The summed E-state index contributed by atoms with van der Waals surface area (Å²) in [6.07, 6.45) is 6.66. The van der Waals surface area contributed by atoms with Crippen LogP contribution in [0.2, 0.25) is 0 Å². The van der Waals surface area contributed by atoms with Crippen molar-refractivity contribution in [3.63, 3.8) is 0 Å². The largest absolute Gasteiger partial charge is 0.509 e. The van der Waals surface area contributed by atoms with Crippen LogP contribution < -0.4 is 10.6 Å². The van der Waals surface area contributed by atoms with Crippen LogP contribution in [0, 0.1) is 0 Å². The maximum absolute atomic E-state index is 12.6. The zero-order valence-corrected chi connectivity index (χ0v) is 16.1. The number of nitrogens with one attached hydrogen (secondary N) is 2. The second-order valence-electron chi connectivity index (χ2n) is 8.05. The predicted octanol–water partition coefficient (Wildman–Crippen LogP) is 4.34. The normalized spacial score (nSPS) is 23.3. The first kappa shape index (κ1) is 19.2. The van der Waals surface area contributed by atoms with Crippen molar-refractivity contribution in [2.75, 3.05) is 5.32 Å². The SMILES string of the molecule is C=C(C)CC1(C)NC(=O)C(C(=O)Nc2ccc(C3CCCCC3)cc2)=C1O. The molecular formula is C22H28N2O3. The van der Waals surface area contributed by atoms with E-state index in [4.69, 9.17) is 0 Å². The zero-order valence-electron chi connectivity index (χ0n) is 16.1. The van der Waals surface area contributed by atoms with Gasteiger partial charge >= 0.3 is 0 Å². The van der Waals surface area contributed by atoms with Gasteiger partial charge in [0.15, 0.2) is 0 Å². The van der Waals surface area contributed by atoms with Crippen molar-refractivity contribution in [3.8, 4) is 0 Å². The average molecular weight is 368 g/mol. The molecule has 0 bridgehead atoms. The molecule has 1 heterocycles. The first-order valence-electron chi connectivity index (χ1n) is 9.62. The molecule has 1 fully saturated rings. The van der Waals surface area contributed by atoms with Crippen molar-refractivity contribution in [1.29, 1.82) is 0 Å². The first-order chi connectivity index (χ1) is 12.8. The summed E-state index contributed by atoms with van der Waals surface area (Å²) in [5, 5.41) is 15.9. The molecule has 5 heteroatoms. The van der Waals surface area contributed by atoms with E-state index in [2.05, 4.69) is 17.2 Å². The Kier molecular flexibility index (Phi) is 5.40. The van der Waals surface area contributed by atoms with Crippen LogP contribution in [0.25, 0.3) is 0 Å². The molecule has 1 aliphatic heterocycles. The minimum Gasteiger partial charge on any atom is -0.509 e. The Balaban J connectivity index is 1.72. The molecule has 1 unspecified atom stereocenters. The van der Waals surface area contributed by atoms with Crippen molar-refractivity contribution < 1.29 is 14.7 Å². The monoisotopic (exact) mass is 368 g/mol. The summed E-state index contributed by atoms with van der Waals surface area (Å²) in [6.45, 7) is 7.33. The van der Waals surface area contributed by atoms with Crippen molar-refractivity contribution in [2.45, 2.75) is 63.8 Å². The Morgan fingerprint density at radius 3 is 2.48 bits per heavy atom. The highest BCUT2D eigenvalue weighted by molar-refractivity contribution is 6.24. The molecule has 0 aromatic heterocycles. The average Bonchev–Trinajstić information content (AvgIpc) is 2.84. The second-order valence-corrected chi connectivity index (χ2v) is 8.05. The minimum atomic E-state index is -0.986. The van der Waals surface area contributed by atoms with Crippen molar-refractivity contribution >= 4 is 17.5 Å². The molecule has 1 atom stereocenters. The molecule has 1 aromatic rings. The third-order valence-corrected chi connectivity index (χ3v) is 5.50. The summed E-state index contributed by atoms with van der Waals surface area (Å²) in [6, 6.07) is 7.80. The molecule has 5 nitrogen and oxygen atoms in total. The van der Waals surface area contributed by atoms with Crippen LogP contribution in [0.15, 0.2) is 47.7 Å². The molecule has 2 amide bonds. The van der Waals surface area contributed by atoms with Crippen LogP contribution in [0.4, 0.5) is 5.69 Å². The lowest BCUT2D eigenvalue weighted by Crippen LogP contribution is -2.41. The highest BCUT2D eigenvalue weighted by atomic mass is 16.3. The van der Waals surface area contributed by atoms with Gasteiger partial charge in [-0.1, -0.05) is 37.0 Å². The summed E-state index contributed by atoms with van der Waals surface area (Å²) in [4.78, 5) is 24.8. The molecule has 0 saturated heterocycles. The molecule has 2 aliphatic rings. The lowest BCUT2D eigenvalue weighted by atomic mass is 9.84. The molecule has 0 radical (unpaired) electrons. The lowest BCUT2D eigenvalue weighted by molar-refractivity contribution is -0.121. The van der Waals surface area contributed by atoms with Gasteiger partial charge in [-0.05, 0) is 56.7 Å². The van der Waals surface area contributed by atoms with Gasteiger partial charge in [0.2, 0.25) is 0 Å². The molecular weight excluding hydrogens is 340 g/mol. The third kappa shape index (κ3) is 4.07. The number of amides is 2. The van der Waals surface area contributed by atoms with E-state index < -0.39 is 17.4 Å². The maximum Gasteiger partial charge on any atom is 0.264 e. The summed E-state index contributed by atoms with van der Waals surface area (Å²) in [5.74, 6) is -0.793. The van der Waals surface area contributed by atoms with Gasteiger partial charge in [0.1, 0.15) is 11.3 Å². The van der Waals surface area contributed by atoms with Crippen molar-refractivity contribution in [3.05, 3.63) is 53.3 Å². The highest BCUT2D eigenvalue weighted by Gasteiger charge is 2.44. The number of hydrogen-bond acceptors (Lipinski definition) is 3. The summed E-state index contributed by atoms with van der Waals surface area (Å²) < 4.78 is 0. The molecule has 1 aromatic carbocycles. The molecule has 3 N–H and O–H groups in total. The third-order valence-electron chi connectivity index (χ3n) is 5.50. The Labute approximate surface area is 160 Å². The van der Waals surface area contributed by atoms with E-state index >= 15 is 0 Å². The number of benzene rings is 1. The predicted molar refractivity (Wildman–Crippen MR) is 107 cm³/mol. The van der Waals surface area contributed by atoms with Gasteiger partial charge in [0.05, 0.1) is 5.54 Å². The molecule has 1 saturated carbocycles. The van der Waals surface area contributed by atoms with Crippen LogP contribution in [-0.2, 0) is 9.59 Å². The van der Waals surface area contributed by atoms with Gasteiger partial charge < -0.3 is 15.7 Å². The molecule has 144 valence electrons. The fourth-order valence-corrected chi connectivity index (χ4v) is 4.17. The van der Waals surface area contributed by atoms with E-state index in [1.54, 1.807) is 6.92 Å². The number of carbonyl (C=O) groups excluding carboxylic acids is 2. The standard InChI is InChI=1S/C22H28N2O3/c1-14(2)13-22(3)19(25)18(21(27)24-22)20(26)23-17-11-9-16(10-12-17)15-7-5-4-6-8-15/h9-12,15,25H,1,4-8,13H2,2-3H3,(H,23,26)(H,24,27). The molecule has 27 heavy (non-hydrogen) atoms. The molecule has 1 aliphatic carbocycles. The van der Waals surface area contributed by atoms with Crippen LogP contribution in [0.5, 0.6) is 0 Å². The number of aliphatic hydroxyl groups is 1. The topological polar surface area (TPSA) is 78.4 Å². The number of carbonyl (C=O) groups is 2. The highest BCUT2D eigenvalue weighted by Crippen LogP contribution is 2.34. The van der Waals surface area contributed by atoms with E-state index in [0.29, 0.717) is 18.0 Å². The van der Waals surface area contributed by atoms with E-state index in [0.717, 1.165) is 5.57 Å². The Morgan fingerprint density at radius 2 is 1.89 bits per heavy atom. The van der Waals surface area contributed by atoms with Gasteiger partial charge in [-0.2, -0.15) is 0 Å². The summed E-state index contributed by atoms with van der Waals surface area (Å²) in [7, 11) is 0. The number of rotatable bonds is 5. The van der Waals surface area contributed by atoms with E-state index in [9.17, 15) is 14.7 Å². The number of aliphatic hydroxyl groups excluding tert-OH is 1. The van der Waals surface area contributed by atoms with Gasteiger partial charge in [0.25, 0.3) is 11.8 Å². The fourth-order valence-electron chi connectivity index (χ4n) is 4.17. The molecule has 0 spiro atoms. The van der Waals surface area contributed by atoms with Gasteiger partial charge in [0, 0.05) is 5.69 Å². The Bertz CT molecular complexity index is 788. The fraction of sp³-hybridized carbons (Fsp3) is 0.455. The van der Waals surface area contributed by atoms with E-state index in [1.807, 2.05) is 31.2 Å². The first-order valence-corrected chi connectivity index (χ1v) is 9.62. The number of hydrogen-bond donors (Lipinski definition) is 3. The smallest absolute Gasteiger partial charge is 0.264 e. The maximum atomic E-state index is 12.6. The quantitative estimate of drug-likeness (QED) is 0.534. The molecule has 3 rings (SSSR count). The summed E-state index contributed by atoms with van der Waals surface area (Å²) >= 11 is 0. The zero-order chi connectivity index (χ0) is 19.6. The van der Waals surface area contributed by atoms with Crippen molar-refractivity contribution in [2.24, 2.45) is 0 Å². The Morgan fingerprint density at radius 1 is 1.26 bits per heavy atom. The van der Waals surface area contributed by atoms with Crippen LogP contribution >= 0.6 is 0 Å². The van der Waals surface area contributed by atoms with Gasteiger partial charge in [-0.3, -0.25) is 9.59 Å². The Hall–Kier alpha value is -2.56. The van der Waals surface area contributed by atoms with Gasteiger partial charge in [-0.15, -0.1) is 6.58 Å².